The van der Waals surface area contributed by atoms with E-state index in [-0.39, 0.29) is 0 Å². The molecule has 0 bridgehead atoms. The molecule has 0 radical (unpaired) electrons. The van der Waals surface area contributed by atoms with E-state index in [0.29, 0.717) is 0 Å². The zero-order chi connectivity index (χ0) is 9.26. The van der Waals surface area contributed by atoms with Crippen LogP contribution in [-0.2, 0) is 4.79 Å². The van der Waals surface area contributed by atoms with E-state index in [2.05, 4.69) is 6.07 Å². The normalized spacial score (nSPS) is 14.1. The van der Waals surface area contributed by atoms with Gasteiger partial charge < -0.3 is 0 Å². The number of hydrogen-bond donors (Lipinski definition) is 0. The van der Waals surface area contributed by atoms with Gasteiger partial charge in [0.1, 0.15) is 0 Å². The fraction of sp³-hybridized carbons (Fsp3) is 0.222. The van der Waals surface area contributed by atoms with Crippen molar-refractivity contribution in [3.63, 3.8) is 0 Å². The highest BCUT2D eigenvalue weighted by atomic mass is 32.2. The zero-order valence-electron chi connectivity index (χ0n) is 7.30. The molecule has 0 atom stereocenters. The number of rotatable bonds is 2. The number of carbonyl (C=O) groups excluding carboxylic acids is 1. The quantitative estimate of drug-likeness (QED) is 0.667. The number of nitrogens with zero attached hydrogens (tertiary/aromatic N) is 2. The van der Waals surface area contributed by atoms with E-state index in [9.17, 15) is 4.79 Å². The van der Waals surface area contributed by atoms with Gasteiger partial charge in [0.2, 0.25) is 6.41 Å². The Hall–Kier alpha value is -1.16. The van der Waals surface area contributed by atoms with Crippen molar-refractivity contribution >= 4 is 23.9 Å². The molecule has 0 N–H and O–H groups in total. The van der Waals surface area contributed by atoms with E-state index in [1.807, 2.05) is 23.2 Å². The second kappa shape index (κ2) is 3.30. The number of amides is 1. The Kier molecular flexibility index (Phi) is 2.14. The molecule has 2 rings (SSSR count). The van der Waals surface area contributed by atoms with Crippen molar-refractivity contribution < 1.29 is 4.79 Å². The summed E-state index contributed by atoms with van der Waals surface area (Å²) in [5.74, 6) is 0.814. The van der Waals surface area contributed by atoms with Crippen LogP contribution in [0.25, 0.3) is 0 Å². The summed E-state index contributed by atoms with van der Waals surface area (Å²) in [6.07, 6.45) is 0.822. The third kappa shape index (κ3) is 1.37. The molecule has 0 spiro atoms. The smallest absolute Gasteiger partial charge is 0.228 e. The van der Waals surface area contributed by atoms with Crippen molar-refractivity contribution in [3.05, 3.63) is 24.3 Å². The molecule has 3 nitrogen and oxygen atoms in total. The van der Waals surface area contributed by atoms with Gasteiger partial charge in [-0.3, -0.25) is 14.8 Å². The lowest BCUT2D eigenvalue weighted by atomic mass is 10.3. The number of carbonyl (C=O) groups is 1. The highest BCUT2D eigenvalue weighted by molar-refractivity contribution is 7.99. The molecule has 0 saturated heterocycles. The fourth-order valence-electron chi connectivity index (χ4n) is 1.31. The van der Waals surface area contributed by atoms with Gasteiger partial charge in [-0.15, -0.1) is 11.8 Å². The third-order valence-corrected chi connectivity index (χ3v) is 3.05. The Morgan fingerprint density at radius 2 is 2.31 bits per heavy atom. The molecule has 1 amide bonds. The lowest BCUT2D eigenvalue weighted by Gasteiger charge is -2.25. The summed E-state index contributed by atoms with van der Waals surface area (Å²) in [5, 5.41) is 3.52. The Morgan fingerprint density at radius 3 is 3.08 bits per heavy atom. The average molecular weight is 194 g/mol. The number of hydrazine groups is 1. The van der Waals surface area contributed by atoms with E-state index >= 15 is 0 Å². The van der Waals surface area contributed by atoms with Gasteiger partial charge >= 0.3 is 0 Å². The Bertz CT molecular complexity index is 329. The molecule has 68 valence electrons. The van der Waals surface area contributed by atoms with Crippen molar-refractivity contribution in [3.8, 4) is 0 Å². The summed E-state index contributed by atoms with van der Waals surface area (Å²) in [6, 6.07) is 8.08. The predicted octanol–water partition coefficient (Wildman–Crippen LogP) is 1.56. The van der Waals surface area contributed by atoms with Gasteiger partial charge in [-0.2, -0.15) is 0 Å². The largest absolute Gasteiger partial charge is 0.277 e. The van der Waals surface area contributed by atoms with Crippen LogP contribution in [0.3, 0.4) is 0 Å². The lowest BCUT2D eigenvalue weighted by Crippen LogP contribution is -2.36. The molecule has 1 aromatic rings. The van der Waals surface area contributed by atoms with Crippen molar-refractivity contribution in [2.24, 2.45) is 0 Å². The van der Waals surface area contributed by atoms with Gasteiger partial charge in [-0.25, -0.2) is 0 Å². The molecule has 0 unspecified atom stereocenters. The first-order chi connectivity index (χ1) is 6.33. The van der Waals surface area contributed by atoms with Crippen molar-refractivity contribution in [2.45, 2.75) is 4.90 Å². The average Bonchev–Trinajstić information content (AvgIpc) is 2.60. The fourth-order valence-corrected chi connectivity index (χ4v) is 2.39. The van der Waals surface area contributed by atoms with E-state index in [1.54, 1.807) is 23.8 Å². The molecule has 1 aliphatic heterocycles. The van der Waals surface area contributed by atoms with Crippen LogP contribution >= 0.6 is 11.8 Å². The van der Waals surface area contributed by atoms with Crippen molar-refractivity contribution in [2.75, 3.05) is 17.9 Å². The first kappa shape index (κ1) is 8.44. The van der Waals surface area contributed by atoms with Crippen LogP contribution in [0, 0.1) is 0 Å². The second-order valence-electron chi connectivity index (χ2n) is 2.82. The van der Waals surface area contributed by atoms with Crippen LogP contribution in [0.5, 0.6) is 0 Å². The van der Waals surface area contributed by atoms with Crippen LogP contribution in [0.1, 0.15) is 0 Å². The summed E-state index contributed by atoms with van der Waals surface area (Å²) in [4.78, 5) is 11.8. The van der Waals surface area contributed by atoms with Crippen molar-refractivity contribution in [1.82, 2.24) is 5.01 Å². The summed E-state index contributed by atoms with van der Waals surface area (Å²) in [7, 11) is 1.76. The standard InChI is InChI=1S/C9H10N2OS/c1-10(6-12)11-7-13-9-5-3-2-4-8(9)11/h2-6H,7H2,1H3. The summed E-state index contributed by atoms with van der Waals surface area (Å²) >= 11 is 1.75. The van der Waals surface area contributed by atoms with Gasteiger partial charge in [0.05, 0.1) is 11.6 Å². The first-order valence-corrected chi connectivity index (χ1v) is 4.99. The summed E-state index contributed by atoms with van der Waals surface area (Å²) in [6.45, 7) is 0. The molecular weight excluding hydrogens is 184 g/mol. The number of para-hydroxylation sites is 1. The Balaban J connectivity index is 2.33. The molecule has 4 heteroatoms. The number of thioether (sulfide) groups is 1. The van der Waals surface area contributed by atoms with Crippen molar-refractivity contribution in [1.29, 1.82) is 0 Å². The molecule has 0 saturated carbocycles. The molecule has 0 aromatic heterocycles. The lowest BCUT2D eigenvalue weighted by molar-refractivity contribution is -0.117. The molecule has 1 aliphatic rings. The van der Waals surface area contributed by atoms with Crippen LogP contribution in [-0.4, -0.2) is 24.3 Å². The van der Waals surface area contributed by atoms with Crippen LogP contribution in [0.4, 0.5) is 5.69 Å². The SMILES string of the molecule is CN(C=O)N1CSc2ccccc21. The number of fused-ring (bicyclic) bond motifs is 1. The van der Waals surface area contributed by atoms with E-state index in [1.165, 1.54) is 4.90 Å². The van der Waals surface area contributed by atoms with Gasteiger partial charge in [0.25, 0.3) is 0 Å². The maximum Gasteiger partial charge on any atom is 0.228 e. The highest BCUT2D eigenvalue weighted by Gasteiger charge is 2.21. The maximum atomic E-state index is 10.6. The maximum absolute atomic E-state index is 10.6. The summed E-state index contributed by atoms with van der Waals surface area (Å²) < 4.78 is 0. The molecular formula is C9H10N2OS. The van der Waals surface area contributed by atoms with Gasteiger partial charge in [-0.1, -0.05) is 12.1 Å². The van der Waals surface area contributed by atoms with Gasteiger partial charge in [0, 0.05) is 11.9 Å². The van der Waals surface area contributed by atoms with E-state index in [0.717, 1.165) is 18.0 Å². The molecule has 13 heavy (non-hydrogen) atoms. The Morgan fingerprint density at radius 1 is 1.54 bits per heavy atom. The first-order valence-electron chi connectivity index (χ1n) is 4.00. The highest BCUT2D eigenvalue weighted by Crippen LogP contribution is 2.38. The minimum absolute atomic E-state index is 0.814. The number of anilines is 1. The zero-order valence-corrected chi connectivity index (χ0v) is 8.12. The van der Waals surface area contributed by atoms with E-state index in [4.69, 9.17) is 0 Å². The minimum Gasteiger partial charge on any atom is -0.277 e. The Labute approximate surface area is 81.3 Å². The summed E-state index contributed by atoms with van der Waals surface area (Å²) in [5.41, 5.74) is 1.11. The minimum atomic E-state index is 0.814. The van der Waals surface area contributed by atoms with Gasteiger partial charge in [-0.05, 0) is 12.1 Å². The monoisotopic (exact) mass is 194 g/mol. The van der Waals surface area contributed by atoms with E-state index < -0.39 is 0 Å². The third-order valence-electron chi connectivity index (χ3n) is 2.02. The van der Waals surface area contributed by atoms with Crippen LogP contribution in [0.2, 0.25) is 0 Å². The number of hydrogen-bond acceptors (Lipinski definition) is 3. The second-order valence-corrected chi connectivity index (χ2v) is 3.81. The van der Waals surface area contributed by atoms with Gasteiger partial charge in [0.15, 0.2) is 0 Å². The molecule has 1 heterocycles. The predicted molar refractivity (Wildman–Crippen MR) is 53.5 cm³/mol. The van der Waals surface area contributed by atoms with Crippen LogP contribution in [0.15, 0.2) is 29.2 Å². The number of benzene rings is 1. The topological polar surface area (TPSA) is 23.6 Å². The molecule has 1 aromatic carbocycles. The molecule has 0 aliphatic carbocycles. The molecule has 0 fully saturated rings. The van der Waals surface area contributed by atoms with Crippen LogP contribution < -0.4 is 5.01 Å².